The summed E-state index contributed by atoms with van der Waals surface area (Å²) in [7, 11) is 0. The third kappa shape index (κ3) is 6.52. The second-order valence-corrected chi connectivity index (χ2v) is 8.34. The van der Waals surface area contributed by atoms with E-state index in [0.29, 0.717) is 19.4 Å². The van der Waals surface area contributed by atoms with Crippen LogP contribution in [0.5, 0.6) is 5.75 Å². The second-order valence-electron chi connectivity index (χ2n) is 8.34. The van der Waals surface area contributed by atoms with Crippen LogP contribution in [-0.4, -0.2) is 25.6 Å². The number of nitrogens with zero attached hydrogens (tertiary/aromatic N) is 1. The summed E-state index contributed by atoms with van der Waals surface area (Å²) in [6.45, 7) is 9.24. The maximum atomic E-state index is 12.3. The highest BCUT2D eigenvalue weighted by Gasteiger charge is 2.17. The molecule has 0 aromatic heterocycles. The van der Waals surface area contributed by atoms with Crippen molar-refractivity contribution in [3.05, 3.63) is 59.7 Å². The molecule has 1 saturated heterocycles. The van der Waals surface area contributed by atoms with Crippen LogP contribution in [0.15, 0.2) is 48.5 Å². The van der Waals surface area contributed by atoms with Crippen molar-refractivity contribution in [3.63, 3.8) is 0 Å². The SMILES string of the molecule is Cc1ccc(OCCCC(=O)NC(C)c2ccc(N3CCCC(C)C3)cc2)cc1. The lowest BCUT2D eigenvalue weighted by Crippen LogP contribution is -2.34. The van der Waals surface area contributed by atoms with Crippen molar-refractivity contribution in [2.75, 3.05) is 24.6 Å². The fourth-order valence-corrected chi connectivity index (χ4v) is 3.85. The lowest BCUT2D eigenvalue weighted by Gasteiger charge is -2.33. The molecule has 0 radical (unpaired) electrons. The molecule has 156 valence electrons. The minimum absolute atomic E-state index is 0.00912. The van der Waals surface area contributed by atoms with Crippen LogP contribution in [0.4, 0.5) is 5.69 Å². The molecule has 2 unspecified atom stereocenters. The number of anilines is 1. The largest absolute Gasteiger partial charge is 0.494 e. The molecule has 0 aliphatic carbocycles. The van der Waals surface area contributed by atoms with Gasteiger partial charge in [0.1, 0.15) is 5.75 Å². The van der Waals surface area contributed by atoms with Gasteiger partial charge in [-0.2, -0.15) is 0 Å². The molecule has 4 heteroatoms. The molecule has 0 bridgehead atoms. The van der Waals surface area contributed by atoms with Crippen molar-refractivity contribution in [1.29, 1.82) is 0 Å². The van der Waals surface area contributed by atoms with E-state index < -0.39 is 0 Å². The summed E-state index contributed by atoms with van der Waals surface area (Å²) in [5.74, 6) is 1.68. The lowest BCUT2D eigenvalue weighted by molar-refractivity contribution is -0.121. The molecular weight excluding hydrogens is 360 g/mol. The van der Waals surface area contributed by atoms with Crippen LogP contribution in [0.25, 0.3) is 0 Å². The van der Waals surface area contributed by atoms with Crippen LogP contribution < -0.4 is 15.0 Å². The number of hydrogen-bond acceptors (Lipinski definition) is 3. The van der Waals surface area contributed by atoms with Crippen LogP contribution in [0.3, 0.4) is 0 Å². The minimum Gasteiger partial charge on any atom is -0.494 e. The van der Waals surface area contributed by atoms with Crippen LogP contribution in [0.2, 0.25) is 0 Å². The zero-order valence-corrected chi connectivity index (χ0v) is 18.0. The summed E-state index contributed by atoms with van der Waals surface area (Å²) >= 11 is 0. The number of carbonyl (C=O) groups is 1. The number of amides is 1. The van der Waals surface area contributed by atoms with Gasteiger partial charge >= 0.3 is 0 Å². The van der Waals surface area contributed by atoms with Gasteiger partial charge in [0.05, 0.1) is 12.6 Å². The number of carbonyl (C=O) groups excluding carboxylic acids is 1. The van der Waals surface area contributed by atoms with E-state index in [0.717, 1.165) is 30.3 Å². The van der Waals surface area contributed by atoms with Gasteiger partial charge in [-0.1, -0.05) is 36.8 Å². The fourth-order valence-electron chi connectivity index (χ4n) is 3.85. The van der Waals surface area contributed by atoms with Gasteiger partial charge in [0.15, 0.2) is 0 Å². The molecule has 1 fully saturated rings. The molecule has 1 amide bonds. The Morgan fingerprint density at radius 2 is 1.90 bits per heavy atom. The van der Waals surface area contributed by atoms with Gasteiger partial charge in [-0.05, 0) is 68.9 Å². The molecule has 1 aliphatic heterocycles. The second kappa shape index (κ2) is 10.3. The van der Waals surface area contributed by atoms with Crippen molar-refractivity contribution in [2.24, 2.45) is 5.92 Å². The van der Waals surface area contributed by atoms with Gasteiger partial charge in [0.2, 0.25) is 5.91 Å². The highest BCUT2D eigenvalue weighted by Crippen LogP contribution is 2.24. The van der Waals surface area contributed by atoms with Gasteiger partial charge in [-0.25, -0.2) is 0 Å². The molecule has 2 aromatic rings. The lowest BCUT2D eigenvalue weighted by atomic mass is 9.99. The third-order valence-electron chi connectivity index (χ3n) is 5.63. The Hall–Kier alpha value is -2.49. The molecule has 0 spiro atoms. The quantitative estimate of drug-likeness (QED) is 0.620. The first kappa shape index (κ1) is 21.2. The summed E-state index contributed by atoms with van der Waals surface area (Å²) in [5.41, 5.74) is 3.64. The van der Waals surface area contributed by atoms with E-state index in [4.69, 9.17) is 4.74 Å². The predicted molar refractivity (Wildman–Crippen MR) is 120 cm³/mol. The number of aryl methyl sites for hydroxylation is 1. The summed E-state index contributed by atoms with van der Waals surface area (Å²) in [5, 5.41) is 3.10. The first-order valence-corrected chi connectivity index (χ1v) is 10.8. The molecule has 4 nitrogen and oxygen atoms in total. The van der Waals surface area contributed by atoms with Gasteiger partial charge in [0, 0.05) is 25.2 Å². The van der Waals surface area contributed by atoms with Crippen molar-refractivity contribution in [1.82, 2.24) is 5.32 Å². The fraction of sp³-hybridized carbons (Fsp3) is 0.480. The average Bonchev–Trinajstić information content (AvgIpc) is 2.72. The molecule has 3 rings (SSSR count). The summed E-state index contributed by atoms with van der Waals surface area (Å²) < 4.78 is 5.69. The normalized spacial score (nSPS) is 17.6. The Labute approximate surface area is 175 Å². The van der Waals surface area contributed by atoms with Crippen LogP contribution in [-0.2, 0) is 4.79 Å². The van der Waals surface area contributed by atoms with Gasteiger partial charge < -0.3 is 15.0 Å². The van der Waals surface area contributed by atoms with E-state index in [2.05, 4.69) is 48.3 Å². The third-order valence-corrected chi connectivity index (χ3v) is 5.63. The maximum absolute atomic E-state index is 12.3. The minimum atomic E-state index is 0.00912. The van der Waals surface area contributed by atoms with Crippen molar-refractivity contribution in [3.8, 4) is 5.75 Å². The zero-order valence-electron chi connectivity index (χ0n) is 18.0. The van der Waals surface area contributed by atoms with E-state index in [9.17, 15) is 4.79 Å². The molecule has 1 N–H and O–H groups in total. The molecule has 29 heavy (non-hydrogen) atoms. The summed E-state index contributed by atoms with van der Waals surface area (Å²) in [6.07, 6.45) is 3.77. The average molecular weight is 395 g/mol. The van der Waals surface area contributed by atoms with Crippen molar-refractivity contribution in [2.45, 2.75) is 52.5 Å². The Kier molecular flexibility index (Phi) is 7.56. The number of hydrogen-bond donors (Lipinski definition) is 1. The first-order valence-electron chi connectivity index (χ1n) is 10.8. The number of nitrogens with one attached hydrogen (secondary N) is 1. The van der Waals surface area contributed by atoms with Crippen LogP contribution in [0, 0.1) is 12.8 Å². The highest BCUT2D eigenvalue weighted by molar-refractivity contribution is 5.76. The van der Waals surface area contributed by atoms with Crippen molar-refractivity contribution >= 4 is 11.6 Å². The van der Waals surface area contributed by atoms with Crippen LogP contribution >= 0.6 is 0 Å². The highest BCUT2D eigenvalue weighted by atomic mass is 16.5. The molecule has 2 aromatic carbocycles. The van der Waals surface area contributed by atoms with Gasteiger partial charge in [-0.15, -0.1) is 0 Å². The Morgan fingerprint density at radius 1 is 1.17 bits per heavy atom. The molecule has 2 atom stereocenters. The van der Waals surface area contributed by atoms with Gasteiger partial charge in [0.25, 0.3) is 0 Å². The maximum Gasteiger partial charge on any atom is 0.220 e. The topological polar surface area (TPSA) is 41.6 Å². The zero-order chi connectivity index (χ0) is 20.6. The summed E-state index contributed by atoms with van der Waals surface area (Å²) in [6, 6.07) is 16.6. The van der Waals surface area contributed by atoms with Crippen LogP contribution in [0.1, 0.15) is 56.7 Å². The predicted octanol–water partition coefficient (Wildman–Crippen LogP) is 5.27. The molecule has 1 heterocycles. The monoisotopic (exact) mass is 394 g/mol. The van der Waals surface area contributed by atoms with Crippen molar-refractivity contribution < 1.29 is 9.53 Å². The number of ether oxygens (including phenoxy) is 1. The Bertz CT molecular complexity index is 770. The summed E-state index contributed by atoms with van der Waals surface area (Å²) in [4.78, 5) is 14.7. The first-order chi connectivity index (χ1) is 14.0. The van der Waals surface area contributed by atoms with E-state index in [1.54, 1.807) is 0 Å². The molecule has 1 aliphatic rings. The van der Waals surface area contributed by atoms with E-state index in [1.807, 2.05) is 31.2 Å². The molecular formula is C25H34N2O2. The smallest absolute Gasteiger partial charge is 0.220 e. The molecule has 0 saturated carbocycles. The van der Waals surface area contributed by atoms with E-state index >= 15 is 0 Å². The number of piperidine rings is 1. The van der Waals surface area contributed by atoms with E-state index in [1.165, 1.54) is 24.1 Å². The van der Waals surface area contributed by atoms with Gasteiger partial charge in [-0.3, -0.25) is 4.79 Å². The standard InChI is InChI=1S/C25H34N2O2/c1-19-8-14-24(15-9-19)29-17-5-7-25(28)26-21(3)22-10-12-23(13-11-22)27-16-4-6-20(2)18-27/h8-15,20-21H,4-7,16-18H2,1-3H3,(H,26,28). The Balaban J connectivity index is 1.40. The number of rotatable bonds is 8. The number of benzene rings is 2. The van der Waals surface area contributed by atoms with E-state index in [-0.39, 0.29) is 11.9 Å². The Morgan fingerprint density at radius 3 is 2.59 bits per heavy atom.